The summed E-state index contributed by atoms with van der Waals surface area (Å²) in [6.45, 7) is 5.90. The smallest absolute Gasteiger partial charge is 0.330 e. The third-order valence-corrected chi connectivity index (χ3v) is 5.67. The molecule has 6 atom stereocenters. The maximum atomic E-state index is 11.6. The Morgan fingerprint density at radius 3 is 2.80 bits per heavy atom. The molecule has 0 aromatic rings. The van der Waals surface area contributed by atoms with Crippen LogP contribution in [0.4, 0.5) is 0 Å². The van der Waals surface area contributed by atoms with E-state index in [1.165, 1.54) is 18.6 Å². The summed E-state index contributed by atoms with van der Waals surface area (Å²) in [4.78, 5) is 23.0. The molecule has 3 rings (SSSR count). The lowest BCUT2D eigenvalue weighted by molar-refractivity contribution is -0.151. The molecule has 2 aliphatic carbocycles. The minimum atomic E-state index is -0.238. The number of rotatable bonds is 4. The van der Waals surface area contributed by atoms with Crippen LogP contribution in [-0.2, 0) is 19.1 Å². The van der Waals surface area contributed by atoms with Crippen LogP contribution in [0.2, 0.25) is 0 Å². The molecule has 0 aromatic heterocycles. The zero-order valence-corrected chi connectivity index (χ0v) is 15.3. The van der Waals surface area contributed by atoms with E-state index in [2.05, 4.69) is 32.1 Å². The molecule has 4 nitrogen and oxygen atoms in total. The molecule has 1 aliphatic heterocycles. The van der Waals surface area contributed by atoms with Crippen molar-refractivity contribution in [2.45, 2.75) is 58.7 Å². The van der Waals surface area contributed by atoms with Crippen molar-refractivity contribution in [3.8, 4) is 0 Å². The average Bonchev–Trinajstić information content (AvgIpc) is 2.53. The van der Waals surface area contributed by atoms with Gasteiger partial charge >= 0.3 is 11.9 Å². The van der Waals surface area contributed by atoms with Crippen molar-refractivity contribution < 1.29 is 19.1 Å². The van der Waals surface area contributed by atoms with Crippen molar-refractivity contribution in [2.75, 3.05) is 0 Å². The average molecular weight is 344 g/mol. The topological polar surface area (TPSA) is 52.6 Å². The summed E-state index contributed by atoms with van der Waals surface area (Å²) in [7, 11) is 0. The van der Waals surface area contributed by atoms with Crippen LogP contribution < -0.4 is 0 Å². The van der Waals surface area contributed by atoms with Crippen LogP contribution in [0.1, 0.15) is 46.5 Å². The van der Waals surface area contributed by atoms with Crippen LogP contribution in [0.15, 0.2) is 36.0 Å². The van der Waals surface area contributed by atoms with E-state index in [1.807, 2.05) is 6.08 Å². The van der Waals surface area contributed by atoms with Crippen molar-refractivity contribution >= 4 is 11.9 Å². The predicted molar refractivity (Wildman–Crippen MR) is 95.6 cm³/mol. The van der Waals surface area contributed by atoms with Crippen molar-refractivity contribution in [1.82, 2.24) is 0 Å². The molecule has 25 heavy (non-hydrogen) atoms. The number of esters is 2. The molecule has 0 spiro atoms. The zero-order chi connectivity index (χ0) is 18.0. The fraction of sp³-hybridized carbons (Fsp3) is 0.619. The van der Waals surface area contributed by atoms with Gasteiger partial charge in [-0.1, -0.05) is 38.2 Å². The summed E-state index contributed by atoms with van der Waals surface area (Å²) >= 11 is 0. The summed E-state index contributed by atoms with van der Waals surface area (Å²) in [5.74, 6) is 1.04. The standard InChI is InChI=1S/C21H28O4/c1-13-11-16-8-7-14(2)18(21(16)19(12-13)24-15(3)22)10-9-17-5-4-6-20(23)25-17/h4,6-8,11,13-14,17-19,21H,5,9-10,12H2,1-3H3/t13-,14-,17-,18-,19-,21-/m0/s1. The minimum Gasteiger partial charge on any atom is -0.462 e. The van der Waals surface area contributed by atoms with Gasteiger partial charge in [-0.15, -0.1) is 0 Å². The number of allylic oxidation sites excluding steroid dienone is 3. The SMILES string of the molecule is CC(=O)O[C@H]1C[C@@H](C)C=C2C=C[C@H](C)[C@H](CC[C@@H]3CC=CC(=O)O3)[C@H]21. The summed E-state index contributed by atoms with van der Waals surface area (Å²) in [5, 5.41) is 0. The van der Waals surface area contributed by atoms with Gasteiger partial charge in [-0.25, -0.2) is 4.79 Å². The van der Waals surface area contributed by atoms with Crippen molar-refractivity contribution in [3.05, 3.63) is 36.0 Å². The van der Waals surface area contributed by atoms with Gasteiger partial charge in [-0.3, -0.25) is 4.79 Å². The van der Waals surface area contributed by atoms with Crippen LogP contribution in [0.5, 0.6) is 0 Å². The zero-order valence-electron chi connectivity index (χ0n) is 15.3. The van der Waals surface area contributed by atoms with Gasteiger partial charge in [0.1, 0.15) is 12.2 Å². The third kappa shape index (κ3) is 4.23. The number of fused-ring (bicyclic) bond motifs is 1. The van der Waals surface area contributed by atoms with Crippen molar-refractivity contribution in [3.63, 3.8) is 0 Å². The van der Waals surface area contributed by atoms with Gasteiger partial charge < -0.3 is 9.47 Å². The summed E-state index contributed by atoms with van der Waals surface area (Å²) in [6, 6.07) is 0. The van der Waals surface area contributed by atoms with Gasteiger partial charge in [0.25, 0.3) is 0 Å². The lowest BCUT2D eigenvalue weighted by atomic mass is 9.65. The largest absolute Gasteiger partial charge is 0.462 e. The number of hydrogen-bond donors (Lipinski definition) is 0. The molecule has 0 fully saturated rings. The van der Waals surface area contributed by atoms with E-state index in [-0.39, 0.29) is 30.1 Å². The molecule has 0 N–H and O–H groups in total. The Kier molecular flexibility index (Phi) is 5.45. The summed E-state index contributed by atoms with van der Waals surface area (Å²) in [5.41, 5.74) is 1.30. The normalized spacial score (nSPS) is 37.1. The second kappa shape index (κ2) is 7.59. The lowest BCUT2D eigenvalue weighted by Crippen LogP contribution is -2.41. The maximum Gasteiger partial charge on any atom is 0.330 e. The van der Waals surface area contributed by atoms with Gasteiger partial charge in [0, 0.05) is 25.3 Å². The fourth-order valence-electron chi connectivity index (χ4n) is 4.56. The highest BCUT2D eigenvalue weighted by Crippen LogP contribution is 2.45. The Morgan fingerprint density at radius 2 is 2.08 bits per heavy atom. The second-order valence-electron chi connectivity index (χ2n) is 7.71. The maximum absolute atomic E-state index is 11.6. The Morgan fingerprint density at radius 1 is 1.28 bits per heavy atom. The van der Waals surface area contributed by atoms with Crippen LogP contribution in [0.3, 0.4) is 0 Å². The molecule has 3 aliphatic rings. The van der Waals surface area contributed by atoms with Crippen molar-refractivity contribution in [2.24, 2.45) is 23.7 Å². The molecular formula is C21H28O4. The first-order valence-corrected chi connectivity index (χ1v) is 9.38. The summed E-state index contributed by atoms with van der Waals surface area (Å²) < 4.78 is 11.1. The quantitative estimate of drug-likeness (QED) is 0.724. The van der Waals surface area contributed by atoms with E-state index in [0.717, 1.165) is 25.7 Å². The predicted octanol–water partition coefficient (Wildman–Crippen LogP) is 3.97. The Hall–Kier alpha value is -1.84. The molecule has 0 saturated heterocycles. The van der Waals surface area contributed by atoms with E-state index >= 15 is 0 Å². The Bertz CT molecular complexity index is 615. The molecule has 136 valence electrons. The molecule has 0 aromatic carbocycles. The van der Waals surface area contributed by atoms with Gasteiger partial charge in [0.15, 0.2) is 0 Å². The number of carbonyl (C=O) groups excluding carboxylic acids is 2. The molecule has 0 radical (unpaired) electrons. The van der Waals surface area contributed by atoms with Gasteiger partial charge in [0.2, 0.25) is 0 Å². The molecule has 0 bridgehead atoms. The molecule has 0 unspecified atom stereocenters. The molecule has 0 saturated carbocycles. The number of ether oxygens (including phenoxy) is 2. The monoisotopic (exact) mass is 344 g/mol. The Balaban J connectivity index is 1.75. The van der Waals surface area contributed by atoms with Gasteiger partial charge in [-0.05, 0) is 42.6 Å². The molecule has 1 heterocycles. The molecule has 4 heteroatoms. The number of hydrogen-bond acceptors (Lipinski definition) is 4. The minimum absolute atomic E-state index is 0.0299. The van der Waals surface area contributed by atoms with Crippen LogP contribution in [-0.4, -0.2) is 24.1 Å². The molecular weight excluding hydrogens is 316 g/mol. The van der Waals surface area contributed by atoms with E-state index in [0.29, 0.717) is 17.8 Å². The van der Waals surface area contributed by atoms with Crippen LogP contribution in [0.25, 0.3) is 0 Å². The van der Waals surface area contributed by atoms with Gasteiger partial charge in [0.05, 0.1) is 0 Å². The number of carbonyl (C=O) groups is 2. The first-order chi connectivity index (χ1) is 11.9. The van der Waals surface area contributed by atoms with Gasteiger partial charge in [-0.2, -0.15) is 0 Å². The number of cyclic esters (lactones) is 1. The first-order valence-electron chi connectivity index (χ1n) is 9.38. The van der Waals surface area contributed by atoms with E-state index < -0.39 is 0 Å². The third-order valence-electron chi connectivity index (χ3n) is 5.67. The second-order valence-corrected chi connectivity index (χ2v) is 7.71. The van der Waals surface area contributed by atoms with Crippen LogP contribution in [0, 0.1) is 23.7 Å². The van der Waals surface area contributed by atoms with Crippen LogP contribution >= 0.6 is 0 Å². The first kappa shape index (κ1) is 18.0. The molecule has 0 amide bonds. The highest BCUT2D eigenvalue weighted by atomic mass is 16.5. The van der Waals surface area contributed by atoms with E-state index in [9.17, 15) is 9.59 Å². The van der Waals surface area contributed by atoms with E-state index in [4.69, 9.17) is 9.47 Å². The lowest BCUT2D eigenvalue weighted by Gasteiger charge is -2.43. The highest BCUT2D eigenvalue weighted by molar-refractivity contribution is 5.82. The highest BCUT2D eigenvalue weighted by Gasteiger charge is 2.41. The van der Waals surface area contributed by atoms with E-state index in [1.54, 1.807) is 0 Å². The summed E-state index contributed by atoms with van der Waals surface area (Å²) in [6.07, 6.45) is 13.6. The van der Waals surface area contributed by atoms with Crippen molar-refractivity contribution in [1.29, 1.82) is 0 Å². The Labute approximate surface area is 150 Å². The fourth-order valence-corrected chi connectivity index (χ4v) is 4.56.